The van der Waals surface area contributed by atoms with E-state index in [0.29, 0.717) is 6.54 Å². The maximum absolute atomic E-state index is 13.1. The van der Waals surface area contributed by atoms with E-state index in [1.807, 2.05) is 42.5 Å². The highest BCUT2D eigenvalue weighted by atomic mass is 19.1. The van der Waals surface area contributed by atoms with Gasteiger partial charge in [0.15, 0.2) is 0 Å². The van der Waals surface area contributed by atoms with Crippen LogP contribution < -0.4 is 11.1 Å². The van der Waals surface area contributed by atoms with E-state index in [-0.39, 0.29) is 5.82 Å². The highest BCUT2D eigenvalue weighted by Gasteiger charge is 2.09. The zero-order valence-electron chi connectivity index (χ0n) is 15.4. The number of rotatable bonds is 6. The molecule has 0 aliphatic rings. The number of benzene rings is 2. The predicted octanol–water partition coefficient (Wildman–Crippen LogP) is 4.86. The van der Waals surface area contributed by atoms with Crippen molar-refractivity contribution in [1.82, 2.24) is 9.97 Å². The van der Waals surface area contributed by atoms with E-state index in [9.17, 15) is 4.39 Å². The van der Waals surface area contributed by atoms with E-state index in [4.69, 9.17) is 10.7 Å². The summed E-state index contributed by atoms with van der Waals surface area (Å²) in [7, 11) is 0. The Hall–Kier alpha value is -3.31. The zero-order chi connectivity index (χ0) is 19.3. The number of nitrogens with zero attached hydrogens (tertiary/aromatic N) is 2. The predicted molar refractivity (Wildman–Crippen MR) is 113 cm³/mol. The molecule has 4 nitrogen and oxygen atoms in total. The lowest BCUT2D eigenvalue weighted by molar-refractivity contribution is 0.628. The number of aromatic nitrogens is 2. The molecule has 0 aliphatic heterocycles. The third kappa shape index (κ3) is 3.85. The molecule has 0 radical (unpaired) electrons. The van der Waals surface area contributed by atoms with Crippen LogP contribution in [-0.4, -0.2) is 23.1 Å². The van der Waals surface area contributed by atoms with Crippen molar-refractivity contribution < 1.29 is 4.39 Å². The molecule has 0 aliphatic carbocycles. The minimum Gasteiger partial charge on any atom is -0.369 e. The molecule has 0 atom stereocenters. The van der Waals surface area contributed by atoms with Gasteiger partial charge in [0.1, 0.15) is 11.6 Å². The first-order valence-corrected chi connectivity index (χ1v) is 9.31. The Labute approximate surface area is 163 Å². The fourth-order valence-corrected chi connectivity index (χ4v) is 3.14. The lowest BCUT2D eigenvalue weighted by Gasteiger charge is -2.11. The molecular weight excluding hydrogens is 351 g/mol. The maximum atomic E-state index is 13.1. The van der Waals surface area contributed by atoms with Crippen LogP contribution in [0.3, 0.4) is 0 Å². The van der Waals surface area contributed by atoms with Crippen LogP contribution >= 0.6 is 0 Å². The molecule has 0 saturated carbocycles. The molecule has 140 valence electrons. The number of pyridine rings is 2. The third-order valence-corrected chi connectivity index (χ3v) is 4.63. The number of fused-ring (bicyclic) bond motifs is 1. The van der Waals surface area contributed by atoms with Crippen LogP contribution in [0.5, 0.6) is 0 Å². The minimum absolute atomic E-state index is 0.233. The molecule has 2 aromatic carbocycles. The van der Waals surface area contributed by atoms with E-state index >= 15 is 0 Å². The fraction of sp³-hybridized carbons (Fsp3) is 0.130. The fourth-order valence-electron chi connectivity index (χ4n) is 3.14. The van der Waals surface area contributed by atoms with Gasteiger partial charge >= 0.3 is 0 Å². The van der Waals surface area contributed by atoms with Gasteiger partial charge < -0.3 is 11.1 Å². The second kappa shape index (κ2) is 8.15. The Balaban J connectivity index is 1.69. The summed E-state index contributed by atoms with van der Waals surface area (Å²) in [5.41, 5.74) is 10.4. The van der Waals surface area contributed by atoms with Crippen LogP contribution in [-0.2, 0) is 0 Å². The van der Waals surface area contributed by atoms with Crippen molar-refractivity contribution in [3.63, 3.8) is 0 Å². The third-order valence-electron chi connectivity index (χ3n) is 4.63. The molecule has 0 amide bonds. The number of nitrogens with two attached hydrogens (primary N) is 1. The van der Waals surface area contributed by atoms with Gasteiger partial charge in [-0.3, -0.25) is 4.98 Å². The Morgan fingerprint density at radius 2 is 1.57 bits per heavy atom. The molecule has 0 spiro atoms. The van der Waals surface area contributed by atoms with Crippen molar-refractivity contribution in [2.24, 2.45) is 5.73 Å². The molecule has 0 saturated heterocycles. The smallest absolute Gasteiger partial charge is 0.136 e. The highest BCUT2D eigenvalue weighted by Crippen LogP contribution is 2.28. The summed E-state index contributed by atoms with van der Waals surface area (Å²) in [5, 5.41) is 4.37. The largest absolute Gasteiger partial charge is 0.369 e. The van der Waals surface area contributed by atoms with Gasteiger partial charge in [0, 0.05) is 23.7 Å². The van der Waals surface area contributed by atoms with E-state index in [1.54, 1.807) is 18.3 Å². The van der Waals surface area contributed by atoms with Crippen LogP contribution in [0.25, 0.3) is 33.3 Å². The number of halogens is 1. The van der Waals surface area contributed by atoms with Gasteiger partial charge in [-0.15, -0.1) is 0 Å². The zero-order valence-corrected chi connectivity index (χ0v) is 15.4. The van der Waals surface area contributed by atoms with Crippen molar-refractivity contribution in [3.05, 3.63) is 78.7 Å². The standard InChI is InChI=1S/C23H21FN4/c24-19-10-8-17(9-11-19)16-4-6-18(7-5-16)21-15-22-20(3-1-13-26-22)23(28-21)27-14-2-12-25/h1,3-11,13,15H,2,12,14,25H2,(H,27,28). The number of hydrogen-bond donors (Lipinski definition) is 2. The first kappa shape index (κ1) is 18.1. The highest BCUT2D eigenvalue weighted by molar-refractivity contribution is 5.92. The van der Waals surface area contributed by atoms with Gasteiger partial charge in [-0.05, 0) is 54.4 Å². The molecule has 3 N–H and O–H groups in total. The Morgan fingerprint density at radius 3 is 2.29 bits per heavy atom. The number of nitrogens with one attached hydrogen (secondary N) is 1. The van der Waals surface area contributed by atoms with E-state index in [2.05, 4.69) is 10.3 Å². The quantitative estimate of drug-likeness (QED) is 0.474. The summed E-state index contributed by atoms with van der Waals surface area (Å²) >= 11 is 0. The molecule has 0 fully saturated rings. The Morgan fingerprint density at radius 1 is 0.893 bits per heavy atom. The van der Waals surface area contributed by atoms with Crippen molar-refractivity contribution in [2.45, 2.75) is 6.42 Å². The monoisotopic (exact) mass is 372 g/mol. The topological polar surface area (TPSA) is 63.8 Å². The van der Waals surface area contributed by atoms with Crippen LogP contribution in [0.15, 0.2) is 72.9 Å². The van der Waals surface area contributed by atoms with Crippen molar-refractivity contribution in [2.75, 3.05) is 18.4 Å². The average molecular weight is 372 g/mol. The molecule has 2 aromatic heterocycles. The summed E-state index contributed by atoms with van der Waals surface area (Å²) in [5.74, 6) is 0.583. The average Bonchev–Trinajstić information content (AvgIpc) is 2.74. The van der Waals surface area contributed by atoms with Crippen LogP contribution in [0, 0.1) is 5.82 Å². The molecule has 4 aromatic rings. The molecule has 2 heterocycles. The summed E-state index contributed by atoms with van der Waals surface area (Å²) in [6.45, 7) is 1.40. The van der Waals surface area contributed by atoms with Crippen molar-refractivity contribution in [1.29, 1.82) is 0 Å². The van der Waals surface area contributed by atoms with Crippen LogP contribution in [0.2, 0.25) is 0 Å². The van der Waals surface area contributed by atoms with Crippen molar-refractivity contribution in [3.8, 4) is 22.4 Å². The summed E-state index contributed by atoms with van der Waals surface area (Å²) in [6, 6.07) is 20.5. The summed E-state index contributed by atoms with van der Waals surface area (Å²) in [6.07, 6.45) is 2.66. The van der Waals surface area contributed by atoms with Crippen LogP contribution in [0.1, 0.15) is 6.42 Å². The molecule has 0 bridgehead atoms. The van der Waals surface area contributed by atoms with Crippen molar-refractivity contribution >= 4 is 16.7 Å². The minimum atomic E-state index is -0.233. The SMILES string of the molecule is NCCCNc1nc(-c2ccc(-c3ccc(F)cc3)cc2)cc2ncccc12. The Kier molecular flexibility index (Phi) is 5.26. The lowest BCUT2D eigenvalue weighted by Crippen LogP contribution is -2.10. The van der Waals surface area contributed by atoms with Gasteiger partial charge in [-0.1, -0.05) is 36.4 Å². The first-order chi connectivity index (χ1) is 13.7. The second-order valence-corrected chi connectivity index (χ2v) is 6.58. The second-order valence-electron chi connectivity index (χ2n) is 6.58. The lowest BCUT2D eigenvalue weighted by atomic mass is 10.0. The first-order valence-electron chi connectivity index (χ1n) is 9.31. The molecule has 28 heavy (non-hydrogen) atoms. The van der Waals surface area contributed by atoms with Gasteiger partial charge in [-0.2, -0.15) is 0 Å². The number of hydrogen-bond acceptors (Lipinski definition) is 4. The van der Waals surface area contributed by atoms with Gasteiger partial charge in [0.05, 0.1) is 11.2 Å². The molecule has 4 rings (SSSR count). The summed E-state index contributed by atoms with van der Waals surface area (Å²) < 4.78 is 13.1. The molecule has 0 unspecified atom stereocenters. The van der Waals surface area contributed by atoms with E-state index in [1.165, 1.54) is 12.1 Å². The van der Waals surface area contributed by atoms with Gasteiger partial charge in [-0.25, -0.2) is 9.37 Å². The summed E-state index contributed by atoms with van der Waals surface area (Å²) in [4.78, 5) is 9.30. The molecular formula is C23H21FN4. The van der Waals surface area contributed by atoms with E-state index in [0.717, 1.165) is 52.1 Å². The van der Waals surface area contributed by atoms with Gasteiger partial charge in [0.2, 0.25) is 0 Å². The Bertz CT molecular complexity index is 1080. The number of anilines is 1. The normalized spacial score (nSPS) is 10.9. The van der Waals surface area contributed by atoms with Gasteiger partial charge in [0.25, 0.3) is 0 Å². The maximum Gasteiger partial charge on any atom is 0.136 e. The molecule has 5 heteroatoms. The van der Waals surface area contributed by atoms with E-state index < -0.39 is 0 Å². The van der Waals surface area contributed by atoms with Crippen LogP contribution in [0.4, 0.5) is 10.2 Å².